The first-order valence-electron chi connectivity index (χ1n) is 9.21. The van der Waals surface area contributed by atoms with E-state index in [2.05, 4.69) is 26.2 Å². The molecule has 3 aromatic rings. The van der Waals surface area contributed by atoms with E-state index in [0.29, 0.717) is 22.6 Å². The van der Waals surface area contributed by atoms with Gasteiger partial charge in [0, 0.05) is 11.0 Å². The number of aliphatic hydroxyl groups excluding tert-OH is 1. The number of fused-ring (bicyclic) bond motifs is 1. The minimum absolute atomic E-state index is 0.106. The standard InChI is InChI=1S/C21H22BrN3O3S/c1-13(26)12-25-20(28)17-10-16(22)8-9-18(17)24-21(25)29-14(2)19(27)23-11-15-6-4-3-5-7-15/h3-10,13-14,26H,11-12H2,1-2H3,(H,23,27). The van der Waals surface area contributed by atoms with E-state index < -0.39 is 11.4 Å². The second-order valence-corrected chi connectivity index (χ2v) is 9.01. The van der Waals surface area contributed by atoms with Gasteiger partial charge in [-0.1, -0.05) is 58.0 Å². The van der Waals surface area contributed by atoms with Gasteiger partial charge in [0.1, 0.15) is 0 Å². The summed E-state index contributed by atoms with van der Waals surface area (Å²) in [7, 11) is 0. The lowest BCUT2D eigenvalue weighted by atomic mass is 10.2. The number of benzene rings is 2. The maximum atomic E-state index is 13.0. The topological polar surface area (TPSA) is 84.2 Å². The fourth-order valence-corrected chi connectivity index (χ4v) is 4.13. The number of nitrogens with zero attached hydrogens (tertiary/aromatic N) is 2. The quantitative estimate of drug-likeness (QED) is 0.404. The molecule has 0 saturated heterocycles. The largest absolute Gasteiger partial charge is 0.392 e. The summed E-state index contributed by atoms with van der Waals surface area (Å²) in [5.41, 5.74) is 1.33. The van der Waals surface area contributed by atoms with Crippen LogP contribution in [-0.4, -0.2) is 31.9 Å². The molecular formula is C21H22BrN3O3S. The number of thioether (sulfide) groups is 1. The van der Waals surface area contributed by atoms with Crippen LogP contribution in [-0.2, 0) is 17.9 Å². The number of hydrogen-bond acceptors (Lipinski definition) is 5. The predicted molar refractivity (Wildman–Crippen MR) is 119 cm³/mol. The van der Waals surface area contributed by atoms with E-state index in [1.54, 1.807) is 26.0 Å². The Balaban J connectivity index is 1.84. The minimum Gasteiger partial charge on any atom is -0.392 e. The van der Waals surface area contributed by atoms with E-state index in [-0.39, 0.29) is 18.0 Å². The highest BCUT2D eigenvalue weighted by atomic mass is 79.9. The van der Waals surface area contributed by atoms with Crippen LogP contribution in [0.5, 0.6) is 0 Å². The van der Waals surface area contributed by atoms with Gasteiger partial charge in [0.2, 0.25) is 5.91 Å². The van der Waals surface area contributed by atoms with Crippen molar-refractivity contribution in [3.8, 4) is 0 Å². The van der Waals surface area contributed by atoms with Gasteiger partial charge in [-0.2, -0.15) is 0 Å². The highest BCUT2D eigenvalue weighted by Crippen LogP contribution is 2.24. The Morgan fingerprint density at radius 2 is 1.97 bits per heavy atom. The van der Waals surface area contributed by atoms with Crippen molar-refractivity contribution in [1.82, 2.24) is 14.9 Å². The minimum atomic E-state index is -0.722. The summed E-state index contributed by atoms with van der Waals surface area (Å²) >= 11 is 4.58. The summed E-state index contributed by atoms with van der Waals surface area (Å²) in [5.74, 6) is -0.146. The Bertz CT molecular complexity index is 1070. The Hall–Kier alpha value is -2.16. The average Bonchev–Trinajstić information content (AvgIpc) is 2.70. The second-order valence-electron chi connectivity index (χ2n) is 6.78. The first-order chi connectivity index (χ1) is 13.8. The fourth-order valence-electron chi connectivity index (χ4n) is 2.83. The Labute approximate surface area is 181 Å². The summed E-state index contributed by atoms with van der Waals surface area (Å²) in [6.45, 7) is 3.93. The number of amides is 1. The van der Waals surface area contributed by atoms with Crippen molar-refractivity contribution < 1.29 is 9.90 Å². The molecule has 3 rings (SSSR count). The lowest BCUT2D eigenvalue weighted by molar-refractivity contribution is -0.120. The Morgan fingerprint density at radius 3 is 2.66 bits per heavy atom. The number of carbonyl (C=O) groups excluding carboxylic acids is 1. The van der Waals surface area contributed by atoms with E-state index in [0.717, 1.165) is 10.0 Å². The van der Waals surface area contributed by atoms with Crippen molar-refractivity contribution in [2.45, 2.75) is 43.4 Å². The first-order valence-corrected chi connectivity index (χ1v) is 10.9. The summed E-state index contributed by atoms with van der Waals surface area (Å²) in [5, 5.41) is 13.2. The molecule has 1 aromatic heterocycles. The highest BCUT2D eigenvalue weighted by Gasteiger charge is 2.20. The van der Waals surface area contributed by atoms with Gasteiger partial charge in [0.05, 0.1) is 28.8 Å². The molecule has 152 valence electrons. The van der Waals surface area contributed by atoms with Gasteiger partial charge < -0.3 is 10.4 Å². The van der Waals surface area contributed by atoms with Crippen LogP contribution in [0.25, 0.3) is 10.9 Å². The number of halogens is 1. The van der Waals surface area contributed by atoms with E-state index in [4.69, 9.17) is 0 Å². The normalized spacial score (nSPS) is 13.2. The molecule has 0 radical (unpaired) electrons. The molecule has 0 aliphatic heterocycles. The number of nitrogens with one attached hydrogen (secondary N) is 1. The van der Waals surface area contributed by atoms with Crippen LogP contribution in [0, 0.1) is 0 Å². The van der Waals surface area contributed by atoms with Crippen molar-refractivity contribution >= 4 is 44.5 Å². The third-order valence-electron chi connectivity index (χ3n) is 4.29. The van der Waals surface area contributed by atoms with Crippen molar-refractivity contribution in [1.29, 1.82) is 0 Å². The molecule has 0 fully saturated rings. The Kier molecular flexibility index (Phi) is 7.10. The van der Waals surface area contributed by atoms with Gasteiger partial charge in [-0.15, -0.1) is 0 Å². The zero-order valence-corrected chi connectivity index (χ0v) is 18.5. The second kappa shape index (κ2) is 9.56. The Morgan fingerprint density at radius 1 is 1.24 bits per heavy atom. The van der Waals surface area contributed by atoms with Gasteiger partial charge in [0.15, 0.2) is 5.16 Å². The average molecular weight is 476 g/mol. The molecule has 2 N–H and O–H groups in total. The van der Waals surface area contributed by atoms with Gasteiger partial charge in [-0.3, -0.25) is 14.2 Å². The van der Waals surface area contributed by atoms with E-state index in [1.165, 1.54) is 16.3 Å². The summed E-state index contributed by atoms with van der Waals surface area (Å²) < 4.78 is 2.21. The van der Waals surface area contributed by atoms with Crippen LogP contribution in [0.3, 0.4) is 0 Å². The number of rotatable bonds is 7. The van der Waals surface area contributed by atoms with E-state index in [9.17, 15) is 14.7 Å². The molecule has 0 spiro atoms. The van der Waals surface area contributed by atoms with Crippen molar-refractivity contribution in [2.24, 2.45) is 0 Å². The van der Waals surface area contributed by atoms with E-state index >= 15 is 0 Å². The molecule has 0 saturated carbocycles. The zero-order valence-electron chi connectivity index (χ0n) is 16.1. The third kappa shape index (κ3) is 5.46. The van der Waals surface area contributed by atoms with Crippen LogP contribution in [0.2, 0.25) is 0 Å². The van der Waals surface area contributed by atoms with Gasteiger partial charge >= 0.3 is 0 Å². The van der Waals surface area contributed by atoms with Crippen molar-refractivity contribution in [3.05, 3.63) is 68.9 Å². The van der Waals surface area contributed by atoms with Gasteiger partial charge in [-0.25, -0.2) is 4.98 Å². The predicted octanol–water partition coefficient (Wildman–Crippen LogP) is 3.34. The fraction of sp³-hybridized carbons (Fsp3) is 0.286. The monoisotopic (exact) mass is 475 g/mol. The molecule has 0 bridgehead atoms. The molecule has 2 aromatic carbocycles. The van der Waals surface area contributed by atoms with Crippen molar-refractivity contribution in [2.75, 3.05) is 0 Å². The summed E-state index contributed by atoms with van der Waals surface area (Å²) in [6, 6.07) is 15.0. The van der Waals surface area contributed by atoms with Crippen LogP contribution >= 0.6 is 27.7 Å². The molecule has 1 heterocycles. The molecule has 0 aliphatic carbocycles. The maximum Gasteiger partial charge on any atom is 0.262 e. The number of aliphatic hydroxyl groups is 1. The SMILES string of the molecule is CC(O)Cn1c(SC(C)C(=O)NCc2ccccc2)nc2ccc(Br)cc2c1=O. The number of hydrogen-bond donors (Lipinski definition) is 2. The molecule has 29 heavy (non-hydrogen) atoms. The molecule has 1 amide bonds. The van der Waals surface area contributed by atoms with Gasteiger partial charge in [0.25, 0.3) is 5.56 Å². The van der Waals surface area contributed by atoms with Crippen LogP contribution in [0.15, 0.2) is 63.0 Å². The van der Waals surface area contributed by atoms with Crippen LogP contribution in [0.4, 0.5) is 0 Å². The maximum absolute atomic E-state index is 13.0. The molecule has 8 heteroatoms. The lowest BCUT2D eigenvalue weighted by Crippen LogP contribution is -2.32. The molecule has 0 aliphatic rings. The third-order valence-corrected chi connectivity index (χ3v) is 5.87. The molecular weight excluding hydrogens is 454 g/mol. The molecule has 2 unspecified atom stereocenters. The highest BCUT2D eigenvalue weighted by molar-refractivity contribution is 9.10. The zero-order chi connectivity index (χ0) is 21.0. The smallest absolute Gasteiger partial charge is 0.262 e. The van der Waals surface area contributed by atoms with Crippen molar-refractivity contribution in [3.63, 3.8) is 0 Å². The van der Waals surface area contributed by atoms with Crippen LogP contribution < -0.4 is 10.9 Å². The summed E-state index contributed by atoms with van der Waals surface area (Å²) in [6.07, 6.45) is -0.722. The first kappa shape index (κ1) is 21.5. The molecule has 2 atom stereocenters. The number of aromatic nitrogens is 2. The number of carbonyl (C=O) groups is 1. The van der Waals surface area contributed by atoms with Gasteiger partial charge in [-0.05, 0) is 37.6 Å². The lowest BCUT2D eigenvalue weighted by Gasteiger charge is -2.17. The molecule has 6 nitrogen and oxygen atoms in total. The van der Waals surface area contributed by atoms with E-state index in [1.807, 2.05) is 36.4 Å². The van der Waals surface area contributed by atoms with Crippen LogP contribution in [0.1, 0.15) is 19.4 Å². The summed E-state index contributed by atoms with van der Waals surface area (Å²) in [4.78, 5) is 30.1.